The molecule has 11 rings (SSSR count). The number of aromatic nitrogens is 2. The van der Waals surface area contributed by atoms with Gasteiger partial charge >= 0.3 is 0 Å². The van der Waals surface area contributed by atoms with Gasteiger partial charge in [-0.15, -0.1) is 0 Å². The first-order chi connectivity index (χ1) is 33.4. The third kappa shape index (κ3) is 8.77. The molecule has 1 spiro atoms. The molecule has 18 nitrogen and oxygen atoms in total. The molecule has 364 valence electrons. The lowest BCUT2D eigenvalue weighted by molar-refractivity contribution is -0.384. The number of amides is 1. The number of nitrogens with zero attached hydrogens (tertiary/aromatic N) is 5. The molecule has 5 aliphatic heterocycles. The van der Waals surface area contributed by atoms with Gasteiger partial charge in [0, 0.05) is 61.7 Å². The molecule has 1 amide bonds. The van der Waals surface area contributed by atoms with Crippen LogP contribution in [-0.2, 0) is 29.0 Å². The SMILES string of the molecule is Cc1ccccc1[C@@H]1COCCN1C1CC2(CCN(c3ccc(C(=O)NS(=O)(=O)c4ccc(NC[C@H]5COCCO5)c([N+](=O)[O-])c4)c(N4c5cc6cc[nH]c6nc5O[C@H]5COCC[C@@H]54)c3)[C@H](C)C2)C1. The summed E-state index contributed by atoms with van der Waals surface area (Å²) >= 11 is 0. The molecule has 0 radical (unpaired) electrons. The van der Waals surface area contributed by atoms with Crippen molar-refractivity contribution in [2.45, 2.75) is 87.2 Å². The van der Waals surface area contributed by atoms with Gasteiger partial charge in [-0.3, -0.25) is 19.8 Å². The Morgan fingerprint density at radius 1 is 0.942 bits per heavy atom. The number of nitrogens with one attached hydrogen (secondary N) is 3. The average molecular weight is 963 g/mol. The van der Waals surface area contributed by atoms with Crippen LogP contribution in [0.2, 0.25) is 0 Å². The molecule has 69 heavy (non-hydrogen) atoms. The summed E-state index contributed by atoms with van der Waals surface area (Å²) in [6.45, 7) is 9.81. The van der Waals surface area contributed by atoms with E-state index in [2.05, 4.69) is 67.8 Å². The number of anilines is 4. The first-order valence-electron chi connectivity index (χ1n) is 24.0. The van der Waals surface area contributed by atoms with Crippen LogP contribution in [0.3, 0.4) is 0 Å². The lowest BCUT2D eigenvalue weighted by Gasteiger charge is -2.59. The molecule has 4 saturated heterocycles. The zero-order valence-electron chi connectivity index (χ0n) is 38.8. The van der Waals surface area contributed by atoms with Crippen LogP contribution in [0.4, 0.5) is 28.4 Å². The van der Waals surface area contributed by atoms with Crippen molar-refractivity contribution in [2.24, 2.45) is 5.41 Å². The Morgan fingerprint density at radius 3 is 2.59 bits per heavy atom. The standard InChI is InChI=1S/C50H58N8O10S/c1-31-5-3-4-6-38(31)45-29-65-18-16-56(45)35-25-50(26-35)13-15-55(32(2)24-50)34-7-9-39(42(22-34)57-41-12-17-64-30-46(41)68-49-44(57)21-33-11-14-51-47(33)53-49)48(59)54-69(62,63)37-8-10-40(43(23-37)58(60)61)52-27-36-28-66-19-20-67-36/h3-11,14,21-23,32,35-36,41,45-46,52H,12-13,15-20,24-30H2,1-2H3,(H,51,53)(H,54,59)/t32-,35?,36+,41+,45+,46+,50?/m1/s1. The first kappa shape index (κ1) is 45.6. The maximum Gasteiger partial charge on any atom is 0.293 e. The van der Waals surface area contributed by atoms with Crippen LogP contribution in [0.1, 0.15) is 66.6 Å². The van der Waals surface area contributed by atoms with Crippen LogP contribution in [0.15, 0.2) is 83.9 Å². The van der Waals surface area contributed by atoms with E-state index in [4.69, 9.17) is 28.7 Å². The maximum absolute atomic E-state index is 14.7. The number of sulfonamides is 1. The fraction of sp³-hybridized carbons (Fsp3) is 0.480. The van der Waals surface area contributed by atoms with Crippen molar-refractivity contribution in [3.8, 4) is 5.88 Å². The molecule has 3 aromatic carbocycles. The quantitative estimate of drug-likeness (QED) is 0.0940. The predicted molar refractivity (Wildman–Crippen MR) is 258 cm³/mol. The van der Waals surface area contributed by atoms with E-state index in [0.29, 0.717) is 75.0 Å². The van der Waals surface area contributed by atoms with Crippen molar-refractivity contribution in [2.75, 3.05) is 81.0 Å². The molecular formula is C50H58N8O10S. The molecule has 5 fully saturated rings. The topological polar surface area (TPSA) is 203 Å². The number of carbonyl (C=O) groups is 1. The second-order valence-electron chi connectivity index (χ2n) is 19.4. The van der Waals surface area contributed by atoms with Crippen molar-refractivity contribution < 1.29 is 41.8 Å². The molecular weight excluding hydrogens is 905 g/mol. The Morgan fingerprint density at radius 2 is 1.78 bits per heavy atom. The van der Waals surface area contributed by atoms with Crippen molar-refractivity contribution in [1.29, 1.82) is 0 Å². The fourth-order valence-corrected chi connectivity index (χ4v) is 12.7. The second kappa shape index (κ2) is 18.5. The van der Waals surface area contributed by atoms with Crippen LogP contribution in [0.25, 0.3) is 11.0 Å². The normalized spacial score (nSPS) is 27.2. The number of aryl methyl sites for hydroxylation is 1. The molecule has 3 N–H and O–H groups in total. The third-order valence-corrected chi connectivity index (χ3v) is 16.5. The average Bonchev–Trinajstić information content (AvgIpc) is 3.81. The number of fused-ring (bicyclic) bond motifs is 3. The highest BCUT2D eigenvalue weighted by Crippen LogP contribution is 2.55. The van der Waals surface area contributed by atoms with Gasteiger partial charge in [-0.2, -0.15) is 4.98 Å². The van der Waals surface area contributed by atoms with Gasteiger partial charge in [0.1, 0.15) is 23.1 Å². The number of piperidine rings is 1. The van der Waals surface area contributed by atoms with Crippen LogP contribution < -0.4 is 24.6 Å². The largest absolute Gasteiger partial charge is 0.468 e. The smallest absolute Gasteiger partial charge is 0.293 e. The predicted octanol–water partition coefficient (Wildman–Crippen LogP) is 6.62. The van der Waals surface area contributed by atoms with Gasteiger partial charge in [0.15, 0.2) is 0 Å². The number of pyridine rings is 1. The Balaban J connectivity index is 0.891. The number of hydrogen-bond acceptors (Lipinski definition) is 15. The molecule has 2 aromatic heterocycles. The zero-order chi connectivity index (χ0) is 47.4. The fourth-order valence-electron chi connectivity index (χ4n) is 11.8. The van der Waals surface area contributed by atoms with Crippen LogP contribution >= 0.6 is 0 Å². The number of benzene rings is 3. The highest BCUT2D eigenvalue weighted by atomic mass is 32.2. The summed E-state index contributed by atoms with van der Waals surface area (Å²) in [6, 6.07) is 22.3. The summed E-state index contributed by atoms with van der Waals surface area (Å²) in [4.78, 5) is 41.0. The van der Waals surface area contributed by atoms with E-state index in [-0.39, 0.29) is 47.4 Å². The van der Waals surface area contributed by atoms with Gasteiger partial charge in [-0.1, -0.05) is 24.3 Å². The number of hydrogen-bond donors (Lipinski definition) is 3. The molecule has 19 heteroatoms. The minimum absolute atomic E-state index is 0.105. The van der Waals surface area contributed by atoms with Gasteiger partial charge in [0.2, 0.25) is 5.88 Å². The molecule has 5 aromatic rings. The molecule has 7 heterocycles. The number of H-pyrrole nitrogens is 1. The zero-order valence-corrected chi connectivity index (χ0v) is 39.6. The van der Waals surface area contributed by atoms with Gasteiger partial charge in [-0.05, 0) is 105 Å². The number of morpholine rings is 1. The van der Waals surface area contributed by atoms with E-state index >= 15 is 0 Å². The van der Waals surface area contributed by atoms with E-state index in [0.717, 1.165) is 62.5 Å². The third-order valence-electron chi connectivity index (χ3n) is 15.2. The highest BCUT2D eigenvalue weighted by Gasteiger charge is 2.51. The Hall–Kier alpha value is -5.83. The number of nitro groups is 1. The Kier molecular flexibility index (Phi) is 12.2. The summed E-state index contributed by atoms with van der Waals surface area (Å²) < 4.78 is 60.0. The molecule has 5 atom stereocenters. The van der Waals surface area contributed by atoms with Crippen LogP contribution in [0, 0.1) is 22.5 Å². The first-order valence-corrected chi connectivity index (χ1v) is 25.5. The number of aromatic amines is 1. The maximum atomic E-state index is 14.7. The van der Waals surface area contributed by atoms with Crippen molar-refractivity contribution in [3.63, 3.8) is 0 Å². The summed E-state index contributed by atoms with van der Waals surface area (Å²) in [5.41, 5.74) is 5.29. The van der Waals surface area contributed by atoms with Gasteiger partial charge < -0.3 is 43.8 Å². The number of rotatable bonds is 11. The minimum atomic E-state index is -4.63. The molecule has 1 aliphatic carbocycles. The molecule has 6 aliphatic rings. The van der Waals surface area contributed by atoms with Crippen molar-refractivity contribution in [1.82, 2.24) is 19.6 Å². The summed E-state index contributed by atoms with van der Waals surface area (Å²) in [6.07, 6.45) is 5.91. The molecule has 0 unspecified atom stereocenters. The summed E-state index contributed by atoms with van der Waals surface area (Å²) in [7, 11) is -4.63. The van der Waals surface area contributed by atoms with Gasteiger partial charge in [0.05, 0.1) is 78.9 Å². The molecule has 0 bridgehead atoms. The van der Waals surface area contributed by atoms with Gasteiger partial charge in [0.25, 0.3) is 21.6 Å². The van der Waals surface area contributed by atoms with E-state index in [1.807, 2.05) is 24.3 Å². The van der Waals surface area contributed by atoms with E-state index in [9.17, 15) is 23.3 Å². The highest BCUT2D eigenvalue weighted by molar-refractivity contribution is 7.90. The minimum Gasteiger partial charge on any atom is -0.468 e. The monoisotopic (exact) mass is 962 g/mol. The summed E-state index contributed by atoms with van der Waals surface area (Å²) in [5.74, 6) is -0.524. The van der Waals surface area contributed by atoms with Crippen molar-refractivity contribution >= 4 is 55.4 Å². The van der Waals surface area contributed by atoms with E-state index in [1.54, 1.807) is 12.3 Å². The van der Waals surface area contributed by atoms with Crippen LogP contribution in [0.5, 0.6) is 5.88 Å². The van der Waals surface area contributed by atoms with E-state index in [1.165, 1.54) is 23.3 Å². The number of ether oxygens (including phenoxy) is 5. The van der Waals surface area contributed by atoms with Gasteiger partial charge in [-0.25, -0.2) is 13.1 Å². The number of nitro benzene ring substituents is 1. The number of carbonyl (C=O) groups excluding carboxylic acids is 1. The van der Waals surface area contributed by atoms with E-state index < -0.39 is 37.5 Å². The van der Waals surface area contributed by atoms with Crippen molar-refractivity contribution in [3.05, 3.63) is 106 Å². The Labute approximate surface area is 400 Å². The Bertz CT molecular complexity index is 2870. The summed E-state index contributed by atoms with van der Waals surface area (Å²) in [5, 5.41) is 16.1. The molecule has 1 saturated carbocycles. The van der Waals surface area contributed by atoms with Crippen LogP contribution in [-0.4, -0.2) is 130 Å². The lowest BCUT2D eigenvalue weighted by Crippen LogP contribution is -2.59. The lowest BCUT2D eigenvalue weighted by atomic mass is 9.58. The second-order valence-corrected chi connectivity index (χ2v) is 21.1.